The van der Waals surface area contributed by atoms with Gasteiger partial charge in [-0.15, -0.1) is 0 Å². The molecule has 1 aromatic carbocycles. The fourth-order valence-electron chi connectivity index (χ4n) is 4.84. The molecule has 1 aliphatic carbocycles. The van der Waals surface area contributed by atoms with E-state index >= 15 is 0 Å². The van der Waals surface area contributed by atoms with Crippen molar-refractivity contribution in [1.82, 2.24) is 15.4 Å². The van der Waals surface area contributed by atoms with E-state index in [1.54, 1.807) is 11.1 Å². The monoisotopic (exact) mass is 465 g/mol. The van der Waals surface area contributed by atoms with Gasteiger partial charge in [0.25, 0.3) is 0 Å². The summed E-state index contributed by atoms with van der Waals surface area (Å²) in [5, 5.41) is 15.4. The topological polar surface area (TPSA) is 107 Å². The molecular formula is C26H35N5O3. The number of unbranched alkanes of at least 4 members (excludes halogenated alkanes) is 1. The highest BCUT2D eigenvalue weighted by atomic mass is 16.5. The van der Waals surface area contributed by atoms with Crippen molar-refractivity contribution >= 4 is 29.0 Å². The Morgan fingerprint density at radius 1 is 1.21 bits per heavy atom. The van der Waals surface area contributed by atoms with Crippen molar-refractivity contribution in [3.05, 3.63) is 48.7 Å². The lowest BCUT2D eigenvalue weighted by molar-refractivity contribution is -0.137. The maximum absolute atomic E-state index is 13.3. The van der Waals surface area contributed by atoms with Crippen LogP contribution in [0.25, 0.3) is 0 Å². The first-order chi connectivity index (χ1) is 16.5. The maximum atomic E-state index is 13.3. The molecular weight excluding hydrogens is 430 g/mol. The minimum atomic E-state index is -0.462. The fraction of sp³-hybridized carbons (Fsp3) is 0.500. The van der Waals surface area contributed by atoms with Crippen LogP contribution >= 0.6 is 0 Å². The molecule has 34 heavy (non-hydrogen) atoms. The molecule has 4 rings (SSSR count). The minimum Gasteiger partial charge on any atom is -0.340 e. The molecule has 2 aliphatic rings. The van der Waals surface area contributed by atoms with Crippen LogP contribution in [0.4, 0.5) is 17.2 Å². The van der Waals surface area contributed by atoms with Crippen LogP contribution in [0.15, 0.2) is 48.7 Å². The zero-order valence-electron chi connectivity index (χ0n) is 19.8. The van der Waals surface area contributed by atoms with Gasteiger partial charge in [0.05, 0.1) is 0 Å². The van der Waals surface area contributed by atoms with Gasteiger partial charge in [-0.2, -0.15) is 0 Å². The summed E-state index contributed by atoms with van der Waals surface area (Å²) in [6.07, 6.45) is 7.85. The summed E-state index contributed by atoms with van der Waals surface area (Å²) in [4.78, 5) is 32.6. The molecule has 2 aromatic rings. The molecule has 1 unspecified atom stereocenters. The molecule has 0 radical (unpaired) electrons. The first-order valence-corrected chi connectivity index (χ1v) is 12.3. The van der Waals surface area contributed by atoms with E-state index in [1.807, 2.05) is 42.5 Å². The number of anilines is 3. The summed E-state index contributed by atoms with van der Waals surface area (Å²) in [6, 6.07) is 12.7. The lowest BCUT2D eigenvalue weighted by Crippen LogP contribution is -2.44. The minimum absolute atomic E-state index is 0.00541. The summed E-state index contributed by atoms with van der Waals surface area (Å²) in [5.74, 6) is 0.652. The second-order valence-corrected chi connectivity index (χ2v) is 9.73. The Kier molecular flexibility index (Phi) is 7.80. The van der Waals surface area contributed by atoms with E-state index in [2.05, 4.69) is 28.0 Å². The summed E-state index contributed by atoms with van der Waals surface area (Å²) in [5.41, 5.74) is 3.84. The lowest BCUT2D eigenvalue weighted by atomic mass is 9.97. The van der Waals surface area contributed by atoms with Crippen molar-refractivity contribution in [1.29, 1.82) is 0 Å². The quantitative estimate of drug-likeness (QED) is 0.368. The first kappa shape index (κ1) is 24.2. The number of carbonyl (C=O) groups is 2. The Balaban J connectivity index is 1.42. The molecule has 1 aromatic heterocycles. The Morgan fingerprint density at radius 2 is 2.03 bits per heavy atom. The van der Waals surface area contributed by atoms with Crippen molar-refractivity contribution in [3.8, 4) is 0 Å². The molecule has 2 atom stereocenters. The van der Waals surface area contributed by atoms with Crippen LogP contribution in [0.3, 0.4) is 0 Å². The third-order valence-corrected chi connectivity index (χ3v) is 6.97. The molecule has 2 amide bonds. The van der Waals surface area contributed by atoms with Crippen molar-refractivity contribution in [3.63, 3.8) is 0 Å². The third-order valence-electron chi connectivity index (χ3n) is 6.97. The van der Waals surface area contributed by atoms with Gasteiger partial charge in [-0.25, -0.2) is 10.5 Å². The summed E-state index contributed by atoms with van der Waals surface area (Å²) >= 11 is 0. The highest BCUT2D eigenvalue weighted by molar-refractivity contribution is 5.98. The van der Waals surface area contributed by atoms with Gasteiger partial charge < -0.3 is 20.7 Å². The molecule has 1 aliphatic heterocycles. The number of benzene rings is 1. The highest BCUT2D eigenvalue weighted by Crippen LogP contribution is 2.55. The summed E-state index contributed by atoms with van der Waals surface area (Å²) < 4.78 is 0. The largest absolute Gasteiger partial charge is 0.340 e. The second-order valence-electron chi connectivity index (χ2n) is 9.73. The summed E-state index contributed by atoms with van der Waals surface area (Å²) in [6.45, 7) is 3.15. The Morgan fingerprint density at radius 3 is 2.74 bits per heavy atom. The van der Waals surface area contributed by atoms with E-state index in [0.717, 1.165) is 43.6 Å². The first-order valence-electron chi connectivity index (χ1n) is 12.3. The van der Waals surface area contributed by atoms with Crippen LogP contribution in [0.1, 0.15) is 51.9 Å². The van der Waals surface area contributed by atoms with E-state index in [9.17, 15) is 14.8 Å². The smallest absolute Gasteiger partial charge is 0.247 e. The van der Waals surface area contributed by atoms with E-state index in [1.165, 1.54) is 0 Å². The number of nitrogens with one attached hydrogen (secondary N) is 3. The van der Waals surface area contributed by atoms with Gasteiger partial charge in [0.1, 0.15) is 11.9 Å². The SMILES string of the molecule is CCCCC(CNO)CC(=O)N1CC2(CC2)C[C@H]1C(=O)Nc1cccc(Nc2ccccn2)c1. The zero-order chi connectivity index (χ0) is 24.0. The molecule has 8 nitrogen and oxygen atoms in total. The number of rotatable bonds is 11. The number of hydrogen-bond donors (Lipinski definition) is 4. The van der Waals surface area contributed by atoms with Gasteiger partial charge in [0.15, 0.2) is 0 Å². The Hall–Kier alpha value is -2.97. The molecule has 2 heterocycles. The van der Waals surface area contributed by atoms with Gasteiger partial charge in [-0.3, -0.25) is 9.59 Å². The number of likely N-dealkylation sites (tertiary alicyclic amines) is 1. The number of hydroxylamine groups is 1. The van der Waals surface area contributed by atoms with E-state index < -0.39 is 6.04 Å². The molecule has 182 valence electrons. The van der Waals surface area contributed by atoms with E-state index in [0.29, 0.717) is 31.6 Å². The second kappa shape index (κ2) is 11.0. The lowest BCUT2D eigenvalue weighted by Gasteiger charge is -2.26. The normalized spacial score (nSPS) is 19.1. The van der Waals surface area contributed by atoms with Gasteiger partial charge in [0, 0.05) is 37.1 Å². The number of hydrogen-bond acceptors (Lipinski definition) is 6. The number of pyridine rings is 1. The van der Waals surface area contributed by atoms with Crippen molar-refractivity contribution in [2.45, 2.75) is 57.9 Å². The average Bonchev–Trinajstić information content (AvgIpc) is 3.47. The molecule has 0 bridgehead atoms. The Bertz CT molecular complexity index is 979. The highest BCUT2D eigenvalue weighted by Gasteiger charge is 2.55. The molecule has 1 saturated heterocycles. The Labute approximate surface area is 201 Å². The van der Waals surface area contributed by atoms with Crippen LogP contribution in [0.2, 0.25) is 0 Å². The van der Waals surface area contributed by atoms with Crippen molar-refractivity contribution < 1.29 is 14.8 Å². The predicted molar refractivity (Wildman–Crippen MR) is 132 cm³/mol. The van der Waals surface area contributed by atoms with E-state index in [4.69, 9.17) is 0 Å². The van der Waals surface area contributed by atoms with Crippen molar-refractivity contribution in [2.75, 3.05) is 23.7 Å². The maximum Gasteiger partial charge on any atom is 0.247 e. The number of carbonyl (C=O) groups excluding carboxylic acids is 2. The molecule has 1 saturated carbocycles. The predicted octanol–water partition coefficient (Wildman–Crippen LogP) is 4.32. The van der Waals surface area contributed by atoms with Crippen molar-refractivity contribution in [2.24, 2.45) is 11.3 Å². The van der Waals surface area contributed by atoms with Crippen LogP contribution in [-0.4, -0.2) is 46.0 Å². The molecule has 8 heteroatoms. The van der Waals surface area contributed by atoms with Gasteiger partial charge >= 0.3 is 0 Å². The fourth-order valence-corrected chi connectivity index (χ4v) is 4.84. The van der Waals surface area contributed by atoms with Crippen LogP contribution in [0.5, 0.6) is 0 Å². The molecule has 4 N–H and O–H groups in total. The number of nitrogens with zero attached hydrogens (tertiary/aromatic N) is 2. The standard InChI is InChI=1S/C26H35N5O3/c1-2-3-7-19(17-28-34)14-24(32)31-18-26(11-12-26)16-22(31)25(33)30-21-9-6-8-20(15-21)29-23-10-4-5-13-27-23/h4-6,8-10,13,15,19,22,28,34H,2-3,7,11-12,14,16-18H2,1H3,(H,27,29)(H,30,33)/t19?,22-/m0/s1. The molecule has 2 fully saturated rings. The average molecular weight is 466 g/mol. The summed E-state index contributed by atoms with van der Waals surface area (Å²) in [7, 11) is 0. The third kappa shape index (κ3) is 6.12. The molecule has 1 spiro atoms. The van der Waals surface area contributed by atoms with Crippen LogP contribution in [0, 0.1) is 11.3 Å². The van der Waals surface area contributed by atoms with Crippen LogP contribution in [-0.2, 0) is 9.59 Å². The van der Waals surface area contributed by atoms with Gasteiger partial charge in [-0.05, 0) is 67.3 Å². The van der Waals surface area contributed by atoms with Gasteiger partial charge in [0.2, 0.25) is 11.8 Å². The number of aromatic nitrogens is 1. The van der Waals surface area contributed by atoms with E-state index in [-0.39, 0.29) is 23.1 Å². The van der Waals surface area contributed by atoms with Crippen LogP contribution < -0.4 is 16.1 Å². The van der Waals surface area contributed by atoms with Gasteiger partial charge in [-0.1, -0.05) is 31.9 Å². The zero-order valence-corrected chi connectivity index (χ0v) is 19.8. The number of amides is 2.